The number of hydrogen-bond acceptors (Lipinski definition) is 5. The lowest BCUT2D eigenvalue weighted by Gasteiger charge is -2.18. The molecule has 0 bridgehead atoms. The van der Waals surface area contributed by atoms with E-state index >= 15 is 0 Å². The molecule has 0 aliphatic carbocycles. The zero-order valence-electron chi connectivity index (χ0n) is 13.6. The molecule has 1 N–H and O–H groups in total. The molecule has 2 aromatic heterocycles. The molecule has 6 nitrogen and oxygen atoms in total. The zero-order chi connectivity index (χ0) is 17.1. The van der Waals surface area contributed by atoms with Crippen molar-refractivity contribution in [3.8, 4) is 0 Å². The molecule has 0 unspecified atom stereocenters. The molecular weight excluding hydrogens is 314 g/mol. The molecule has 3 heterocycles. The van der Waals surface area contributed by atoms with E-state index in [1.807, 2.05) is 24.3 Å². The van der Waals surface area contributed by atoms with E-state index in [0.29, 0.717) is 12.2 Å². The van der Waals surface area contributed by atoms with Gasteiger partial charge in [0.25, 0.3) is 5.91 Å². The van der Waals surface area contributed by atoms with Gasteiger partial charge < -0.3 is 10.2 Å². The second-order valence-electron chi connectivity index (χ2n) is 5.83. The predicted octanol–water partition coefficient (Wildman–Crippen LogP) is 2.50. The number of aromatic nitrogens is 3. The van der Waals surface area contributed by atoms with Crippen LogP contribution >= 0.6 is 0 Å². The van der Waals surface area contributed by atoms with Gasteiger partial charge in [-0.2, -0.15) is 0 Å². The van der Waals surface area contributed by atoms with Crippen molar-refractivity contribution in [1.82, 2.24) is 20.3 Å². The summed E-state index contributed by atoms with van der Waals surface area (Å²) in [6.45, 7) is 1.29. The highest BCUT2D eigenvalue weighted by Crippen LogP contribution is 2.32. The molecule has 0 atom stereocenters. The monoisotopic (exact) mass is 331 g/mol. The second kappa shape index (κ2) is 6.68. The maximum absolute atomic E-state index is 12.4. The van der Waals surface area contributed by atoms with Gasteiger partial charge in [-0.3, -0.25) is 9.78 Å². The van der Waals surface area contributed by atoms with Crippen molar-refractivity contribution in [1.29, 1.82) is 0 Å². The van der Waals surface area contributed by atoms with Crippen molar-refractivity contribution in [3.05, 3.63) is 78.0 Å². The van der Waals surface area contributed by atoms with Gasteiger partial charge in [-0.15, -0.1) is 0 Å². The Kier molecular flexibility index (Phi) is 4.08. The van der Waals surface area contributed by atoms with Gasteiger partial charge >= 0.3 is 0 Å². The molecular formula is C19H17N5O. The number of hydrogen-bond donors (Lipinski definition) is 1. The fraction of sp³-hybridized carbons (Fsp3) is 0.158. The van der Waals surface area contributed by atoms with Crippen molar-refractivity contribution in [2.75, 3.05) is 11.4 Å². The van der Waals surface area contributed by atoms with Crippen LogP contribution in [0.25, 0.3) is 0 Å². The maximum Gasteiger partial charge on any atom is 0.270 e. The van der Waals surface area contributed by atoms with E-state index in [-0.39, 0.29) is 5.91 Å². The standard InChI is InChI=1S/C19H17N5O/c25-19(21-12-14-5-8-20-9-6-14)16-11-18(23-13-22-16)24-10-7-15-3-1-2-4-17(15)24/h1-6,8-9,11,13H,7,10,12H2,(H,21,25). The molecule has 3 aromatic rings. The Labute approximate surface area is 145 Å². The minimum atomic E-state index is -0.215. The van der Waals surface area contributed by atoms with E-state index in [2.05, 4.69) is 37.3 Å². The fourth-order valence-electron chi connectivity index (χ4n) is 2.97. The average molecular weight is 331 g/mol. The van der Waals surface area contributed by atoms with Crippen LogP contribution in [0.1, 0.15) is 21.6 Å². The summed E-state index contributed by atoms with van der Waals surface area (Å²) in [6, 6.07) is 13.7. The number of pyridine rings is 1. The Morgan fingerprint density at radius 1 is 1.12 bits per heavy atom. The largest absolute Gasteiger partial charge is 0.347 e. The lowest BCUT2D eigenvalue weighted by atomic mass is 10.2. The molecule has 0 radical (unpaired) electrons. The third kappa shape index (κ3) is 3.19. The molecule has 25 heavy (non-hydrogen) atoms. The van der Waals surface area contributed by atoms with Crippen LogP contribution in [0.15, 0.2) is 61.2 Å². The summed E-state index contributed by atoms with van der Waals surface area (Å²) in [5.74, 6) is 0.530. The number of carbonyl (C=O) groups is 1. The van der Waals surface area contributed by atoms with Gasteiger partial charge in [0.15, 0.2) is 0 Å². The number of nitrogens with zero attached hydrogens (tertiary/aromatic N) is 4. The second-order valence-corrected chi connectivity index (χ2v) is 5.83. The minimum Gasteiger partial charge on any atom is -0.347 e. The van der Waals surface area contributed by atoms with Gasteiger partial charge in [-0.1, -0.05) is 18.2 Å². The third-order valence-electron chi connectivity index (χ3n) is 4.25. The van der Waals surface area contributed by atoms with Crippen LogP contribution in [0.4, 0.5) is 11.5 Å². The molecule has 1 aromatic carbocycles. The fourth-order valence-corrected chi connectivity index (χ4v) is 2.97. The Morgan fingerprint density at radius 3 is 2.84 bits per heavy atom. The normalized spacial score (nSPS) is 12.7. The molecule has 0 spiro atoms. The van der Waals surface area contributed by atoms with Crippen LogP contribution in [-0.4, -0.2) is 27.4 Å². The summed E-state index contributed by atoms with van der Waals surface area (Å²) in [7, 11) is 0. The van der Waals surface area contributed by atoms with Crippen LogP contribution in [-0.2, 0) is 13.0 Å². The highest BCUT2D eigenvalue weighted by atomic mass is 16.1. The summed E-state index contributed by atoms with van der Waals surface area (Å²) < 4.78 is 0. The molecule has 0 fully saturated rings. The van der Waals surface area contributed by atoms with Crippen molar-refractivity contribution in [3.63, 3.8) is 0 Å². The number of anilines is 2. The Balaban J connectivity index is 1.51. The molecule has 124 valence electrons. The first-order valence-electron chi connectivity index (χ1n) is 8.16. The Morgan fingerprint density at radius 2 is 1.96 bits per heavy atom. The van der Waals surface area contributed by atoms with Gasteiger partial charge in [0.05, 0.1) is 0 Å². The lowest BCUT2D eigenvalue weighted by Crippen LogP contribution is -2.24. The van der Waals surface area contributed by atoms with Crippen LogP contribution in [0.3, 0.4) is 0 Å². The first-order chi connectivity index (χ1) is 12.3. The van der Waals surface area contributed by atoms with E-state index in [0.717, 1.165) is 30.0 Å². The number of amides is 1. The maximum atomic E-state index is 12.4. The summed E-state index contributed by atoms with van der Waals surface area (Å²) in [5.41, 5.74) is 3.80. The summed E-state index contributed by atoms with van der Waals surface area (Å²) in [4.78, 5) is 26.9. The number of rotatable bonds is 4. The number of benzene rings is 1. The molecule has 1 aliphatic rings. The van der Waals surface area contributed by atoms with E-state index in [1.165, 1.54) is 11.9 Å². The van der Waals surface area contributed by atoms with Gasteiger partial charge in [0.1, 0.15) is 17.8 Å². The molecule has 4 rings (SSSR count). The van der Waals surface area contributed by atoms with Gasteiger partial charge in [0, 0.05) is 37.2 Å². The molecule has 1 amide bonds. The van der Waals surface area contributed by atoms with Crippen LogP contribution < -0.4 is 10.2 Å². The molecule has 0 saturated heterocycles. The summed E-state index contributed by atoms with van der Waals surface area (Å²) in [5, 5.41) is 2.88. The smallest absolute Gasteiger partial charge is 0.270 e. The van der Waals surface area contributed by atoms with Crippen molar-refractivity contribution in [2.24, 2.45) is 0 Å². The molecule has 1 aliphatic heterocycles. The topological polar surface area (TPSA) is 71.0 Å². The molecule has 0 saturated carbocycles. The van der Waals surface area contributed by atoms with Gasteiger partial charge in [-0.25, -0.2) is 9.97 Å². The number of carbonyl (C=O) groups excluding carboxylic acids is 1. The van der Waals surface area contributed by atoms with Gasteiger partial charge in [0.2, 0.25) is 0 Å². The predicted molar refractivity (Wildman–Crippen MR) is 94.6 cm³/mol. The first kappa shape index (κ1) is 15.3. The van der Waals surface area contributed by atoms with Crippen molar-refractivity contribution in [2.45, 2.75) is 13.0 Å². The van der Waals surface area contributed by atoms with Gasteiger partial charge in [-0.05, 0) is 35.7 Å². The van der Waals surface area contributed by atoms with Crippen LogP contribution in [0.2, 0.25) is 0 Å². The number of fused-ring (bicyclic) bond motifs is 1. The number of para-hydroxylation sites is 1. The molecule has 6 heteroatoms. The highest BCUT2D eigenvalue weighted by Gasteiger charge is 2.21. The highest BCUT2D eigenvalue weighted by molar-refractivity contribution is 5.93. The lowest BCUT2D eigenvalue weighted by molar-refractivity contribution is 0.0945. The summed E-state index contributed by atoms with van der Waals surface area (Å²) in [6.07, 6.45) is 5.82. The minimum absolute atomic E-state index is 0.215. The zero-order valence-corrected chi connectivity index (χ0v) is 13.6. The quantitative estimate of drug-likeness (QED) is 0.795. The average Bonchev–Trinajstić information content (AvgIpc) is 3.11. The van der Waals surface area contributed by atoms with Crippen molar-refractivity contribution >= 4 is 17.4 Å². The summed E-state index contributed by atoms with van der Waals surface area (Å²) >= 11 is 0. The SMILES string of the molecule is O=C(NCc1ccncc1)c1cc(N2CCc3ccccc32)ncn1. The first-order valence-corrected chi connectivity index (χ1v) is 8.16. The Bertz CT molecular complexity index is 897. The van der Waals surface area contributed by atoms with E-state index < -0.39 is 0 Å². The van der Waals surface area contributed by atoms with Crippen molar-refractivity contribution < 1.29 is 4.79 Å². The van der Waals surface area contributed by atoms with Crippen LogP contribution in [0.5, 0.6) is 0 Å². The van der Waals surface area contributed by atoms with E-state index in [9.17, 15) is 4.79 Å². The third-order valence-corrected chi connectivity index (χ3v) is 4.25. The van der Waals surface area contributed by atoms with E-state index in [1.54, 1.807) is 18.5 Å². The van der Waals surface area contributed by atoms with Crippen LogP contribution in [0, 0.1) is 0 Å². The Hall–Kier alpha value is -3.28. The van der Waals surface area contributed by atoms with E-state index in [4.69, 9.17) is 0 Å². The number of nitrogens with one attached hydrogen (secondary N) is 1.